The molecule has 9 heteroatoms. The summed E-state index contributed by atoms with van der Waals surface area (Å²) in [4.78, 5) is 25.5. The van der Waals surface area contributed by atoms with Gasteiger partial charge < -0.3 is 14.5 Å². The van der Waals surface area contributed by atoms with Gasteiger partial charge in [-0.2, -0.15) is 13.2 Å². The fourth-order valence-corrected chi connectivity index (χ4v) is 2.46. The monoisotopic (exact) mass is 364 g/mol. The first-order valence-electron chi connectivity index (χ1n) is 7.25. The van der Waals surface area contributed by atoms with Gasteiger partial charge in [0.2, 0.25) is 0 Å². The Labute approximate surface area is 141 Å². The summed E-state index contributed by atoms with van der Waals surface area (Å²) in [5.74, 6) is -1.75. The van der Waals surface area contributed by atoms with Gasteiger partial charge in [0.05, 0.1) is 0 Å². The van der Waals surface area contributed by atoms with Crippen molar-refractivity contribution >= 4 is 23.4 Å². The second kappa shape index (κ2) is 7.29. The van der Waals surface area contributed by atoms with Gasteiger partial charge in [0.15, 0.2) is 6.10 Å². The van der Waals surface area contributed by atoms with E-state index in [-0.39, 0.29) is 32.1 Å². The molecule has 1 saturated heterocycles. The van der Waals surface area contributed by atoms with Gasteiger partial charge in [-0.1, -0.05) is 11.6 Å². The number of benzene rings is 1. The van der Waals surface area contributed by atoms with Crippen LogP contribution < -0.4 is 4.74 Å². The zero-order chi connectivity index (χ0) is 17.9. The van der Waals surface area contributed by atoms with Crippen LogP contribution in [0.4, 0.5) is 13.2 Å². The SMILES string of the molecule is CC(Oc1ccc(Cl)cc1)C(=O)N1CCN(C(=O)C(F)(F)F)CC1. The topological polar surface area (TPSA) is 49.9 Å². The van der Waals surface area contributed by atoms with E-state index in [9.17, 15) is 22.8 Å². The number of amides is 2. The molecule has 2 amide bonds. The number of halogens is 4. The van der Waals surface area contributed by atoms with E-state index >= 15 is 0 Å². The van der Waals surface area contributed by atoms with Crippen molar-refractivity contribution in [3.63, 3.8) is 0 Å². The summed E-state index contributed by atoms with van der Waals surface area (Å²) in [6.45, 7) is 1.32. The minimum Gasteiger partial charge on any atom is -0.481 e. The van der Waals surface area contributed by atoms with Crippen molar-refractivity contribution < 1.29 is 27.5 Å². The first-order valence-corrected chi connectivity index (χ1v) is 7.63. The number of hydrogen-bond acceptors (Lipinski definition) is 3. The summed E-state index contributed by atoms with van der Waals surface area (Å²) in [5, 5.41) is 0.534. The van der Waals surface area contributed by atoms with E-state index in [0.717, 1.165) is 0 Å². The number of carbonyl (C=O) groups excluding carboxylic acids is 2. The number of alkyl halides is 3. The van der Waals surface area contributed by atoms with Gasteiger partial charge in [-0.25, -0.2) is 0 Å². The molecule has 5 nitrogen and oxygen atoms in total. The molecule has 1 unspecified atom stereocenters. The number of piperazine rings is 1. The Hall–Kier alpha value is -1.96. The fourth-order valence-electron chi connectivity index (χ4n) is 2.33. The quantitative estimate of drug-likeness (QED) is 0.827. The van der Waals surface area contributed by atoms with E-state index in [1.807, 2.05) is 0 Å². The molecule has 1 atom stereocenters. The maximum Gasteiger partial charge on any atom is 0.471 e. The first kappa shape index (κ1) is 18.4. The fraction of sp³-hybridized carbons (Fsp3) is 0.467. The number of hydrogen-bond donors (Lipinski definition) is 0. The Kier molecular flexibility index (Phi) is 5.58. The van der Waals surface area contributed by atoms with Crippen molar-refractivity contribution in [2.45, 2.75) is 19.2 Å². The third-order valence-electron chi connectivity index (χ3n) is 3.60. The average Bonchev–Trinajstić information content (AvgIpc) is 2.55. The Morgan fingerprint density at radius 3 is 2.08 bits per heavy atom. The predicted molar refractivity (Wildman–Crippen MR) is 80.8 cm³/mol. The van der Waals surface area contributed by atoms with Crippen LogP contribution in [0.5, 0.6) is 5.75 Å². The highest BCUT2D eigenvalue weighted by atomic mass is 35.5. The molecule has 1 aromatic rings. The van der Waals surface area contributed by atoms with Crippen molar-refractivity contribution in [2.24, 2.45) is 0 Å². The van der Waals surface area contributed by atoms with Crippen LogP contribution in [0.15, 0.2) is 24.3 Å². The molecule has 1 fully saturated rings. The van der Waals surface area contributed by atoms with Crippen LogP contribution in [0.25, 0.3) is 0 Å². The lowest BCUT2D eigenvalue weighted by molar-refractivity contribution is -0.187. The molecule has 1 aromatic carbocycles. The molecule has 0 spiro atoms. The highest BCUT2D eigenvalue weighted by Crippen LogP contribution is 2.20. The summed E-state index contributed by atoms with van der Waals surface area (Å²) in [6, 6.07) is 6.48. The summed E-state index contributed by atoms with van der Waals surface area (Å²) in [7, 11) is 0. The lowest BCUT2D eigenvalue weighted by atomic mass is 10.2. The van der Waals surface area contributed by atoms with E-state index < -0.39 is 18.2 Å². The second-order valence-corrected chi connectivity index (χ2v) is 5.77. The molecule has 0 bridgehead atoms. The molecular formula is C15H16ClF3N2O3. The van der Waals surface area contributed by atoms with E-state index in [2.05, 4.69) is 0 Å². The molecule has 132 valence electrons. The molecule has 1 aliphatic rings. The summed E-state index contributed by atoms with van der Waals surface area (Å²) < 4.78 is 42.7. The lowest BCUT2D eigenvalue weighted by Gasteiger charge is -2.36. The van der Waals surface area contributed by atoms with Gasteiger partial charge in [0, 0.05) is 31.2 Å². The Morgan fingerprint density at radius 2 is 1.58 bits per heavy atom. The standard InChI is InChI=1S/C15H16ClF3N2O3/c1-10(24-12-4-2-11(16)3-5-12)13(22)20-6-8-21(9-7-20)14(23)15(17,18)19/h2-5,10H,6-9H2,1H3. The summed E-state index contributed by atoms with van der Waals surface area (Å²) >= 11 is 5.76. The summed E-state index contributed by atoms with van der Waals surface area (Å²) in [5.41, 5.74) is 0. The van der Waals surface area contributed by atoms with Gasteiger partial charge in [-0.3, -0.25) is 9.59 Å². The smallest absolute Gasteiger partial charge is 0.471 e. The van der Waals surface area contributed by atoms with Crippen LogP contribution in [-0.4, -0.2) is 60.1 Å². The Balaban J connectivity index is 1.88. The molecule has 1 heterocycles. The average molecular weight is 365 g/mol. The number of ether oxygens (including phenoxy) is 1. The van der Waals surface area contributed by atoms with E-state index in [0.29, 0.717) is 15.7 Å². The van der Waals surface area contributed by atoms with Crippen LogP contribution in [0.1, 0.15) is 6.92 Å². The number of nitrogens with zero attached hydrogens (tertiary/aromatic N) is 2. The van der Waals surface area contributed by atoms with Gasteiger partial charge in [-0.15, -0.1) is 0 Å². The summed E-state index contributed by atoms with van der Waals surface area (Å²) in [6.07, 6.45) is -5.69. The minimum absolute atomic E-state index is 0.0367. The molecule has 2 rings (SSSR count). The van der Waals surface area contributed by atoms with Crippen LogP contribution in [0.3, 0.4) is 0 Å². The Bertz CT molecular complexity index is 599. The Morgan fingerprint density at radius 1 is 1.08 bits per heavy atom. The van der Waals surface area contributed by atoms with Gasteiger partial charge >= 0.3 is 12.1 Å². The molecule has 24 heavy (non-hydrogen) atoms. The zero-order valence-electron chi connectivity index (χ0n) is 12.8. The maximum atomic E-state index is 12.4. The third kappa shape index (κ3) is 4.53. The van der Waals surface area contributed by atoms with Gasteiger partial charge in [0.1, 0.15) is 5.75 Å². The number of carbonyl (C=O) groups is 2. The highest BCUT2D eigenvalue weighted by molar-refractivity contribution is 6.30. The second-order valence-electron chi connectivity index (χ2n) is 5.33. The molecular weight excluding hydrogens is 349 g/mol. The van der Waals surface area contributed by atoms with Crippen molar-refractivity contribution in [3.05, 3.63) is 29.3 Å². The van der Waals surface area contributed by atoms with Crippen molar-refractivity contribution in [2.75, 3.05) is 26.2 Å². The first-order chi connectivity index (χ1) is 11.2. The third-order valence-corrected chi connectivity index (χ3v) is 3.85. The van der Waals surface area contributed by atoms with Crippen molar-refractivity contribution in [1.29, 1.82) is 0 Å². The lowest BCUT2D eigenvalue weighted by Crippen LogP contribution is -2.55. The van der Waals surface area contributed by atoms with Crippen molar-refractivity contribution in [1.82, 2.24) is 9.80 Å². The molecule has 1 aliphatic heterocycles. The van der Waals surface area contributed by atoms with Crippen LogP contribution in [0, 0.1) is 0 Å². The molecule has 0 saturated carbocycles. The molecule has 0 aliphatic carbocycles. The normalized spacial score (nSPS) is 16.7. The molecule has 0 aromatic heterocycles. The largest absolute Gasteiger partial charge is 0.481 e. The van der Waals surface area contributed by atoms with E-state index in [1.54, 1.807) is 31.2 Å². The van der Waals surface area contributed by atoms with Crippen LogP contribution in [0.2, 0.25) is 5.02 Å². The molecule has 0 radical (unpaired) electrons. The van der Waals surface area contributed by atoms with Crippen LogP contribution in [-0.2, 0) is 9.59 Å². The minimum atomic E-state index is -4.89. The van der Waals surface area contributed by atoms with Gasteiger partial charge in [-0.05, 0) is 31.2 Å². The van der Waals surface area contributed by atoms with E-state index in [4.69, 9.17) is 16.3 Å². The predicted octanol–water partition coefficient (Wildman–Crippen LogP) is 2.34. The van der Waals surface area contributed by atoms with Crippen molar-refractivity contribution in [3.8, 4) is 5.75 Å². The van der Waals surface area contributed by atoms with Gasteiger partial charge in [0.25, 0.3) is 5.91 Å². The maximum absolute atomic E-state index is 12.4. The van der Waals surface area contributed by atoms with E-state index in [1.165, 1.54) is 4.90 Å². The number of rotatable bonds is 3. The molecule has 0 N–H and O–H groups in total. The highest BCUT2D eigenvalue weighted by Gasteiger charge is 2.43. The van der Waals surface area contributed by atoms with Crippen LogP contribution >= 0.6 is 11.6 Å². The zero-order valence-corrected chi connectivity index (χ0v) is 13.6.